The molecule has 1 unspecified atom stereocenters. The Labute approximate surface area is 124 Å². The van der Waals surface area contributed by atoms with Crippen LogP contribution in [-0.2, 0) is 0 Å². The first-order chi connectivity index (χ1) is 9.15. The minimum Gasteiger partial charge on any atom is -0.347 e. The third-order valence-electron chi connectivity index (χ3n) is 3.19. The second kappa shape index (κ2) is 5.29. The van der Waals surface area contributed by atoms with Crippen LogP contribution in [0.2, 0.25) is 10.0 Å². The van der Waals surface area contributed by atoms with E-state index in [9.17, 15) is 4.79 Å². The van der Waals surface area contributed by atoms with Gasteiger partial charge in [-0.25, -0.2) is 0 Å². The maximum Gasteiger partial charge on any atom is 0.263 e. The van der Waals surface area contributed by atoms with Crippen LogP contribution in [0, 0.1) is 0 Å². The van der Waals surface area contributed by atoms with Gasteiger partial charge in [0.05, 0.1) is 5.02 Å². The molecule has 1 amide bonds. The Morgan fingerprint density at radius 3 is 3.00 bits per heavy atom. The highest BCUT2D eigenvalue weighted by Crippen LogP contribution is 2.36. The van der Waals surface area contributed by atoms with E-state index < -0.39 is 0 Å². The van der Waals surface area contributed by atoms with Crippen molar-refractivity contribution in [3.8, 4) is 0 Å². The Hall–Kier alpha value is -0.810. The van der Waals surface area contributed by atoms with Gasteiger partial charge in [-0.05, 0) is 25.1 Å². The molecular formula is C13H12Cl2N2OS. The van der Waals surface area contributed by atoms with E-state index in [1.165, 1.54) is 11.3 Å². The van der Waals surface area contributed by atoms with Gasteiger partial charge in [0.15, 0.2) is 0 Å². The molecule has 3 nitrogen and oxygen atoms in total. The van der Waals surface area contributed by atoms with Crippen molar-refractivity contribution in [1.82, 2.24) is 10.6 Å². The predicted octanol–water partition coefficient (Wildman–Crippen LogP) is 3.30. The highest BCUT2D eigenvalue weighted by Gasteiger charge is 2.21. The lowest BCUT2D eigenvalue weighted by Gasteiger charge is -2.10. The first-order valence-corrected chi connectivity index (χ1v) is 7.61. The fourth-order valence-corrected chi connectivity index (χ4v) is 3.91. The number of thiophene rings is 1. The number of carbonyl (C=O) groups is 1. The Morgan fingerprint density at radius 1 is 1.42 bits per heavy atom. The van der Waals surface area contributed by atoms with Crippen LogP contribution in [0.5, 0.6) is 0 Å². The average molecular weight is 315 g/mol. The summed E-state index contributed by atoms with van der Waals surface area (Å²) in [5.41, 5.74) is 0. The molecule has 2 heterocycles. The molecule has 2 N–H and O–H groups in total. The molecule has 0 spiro atoms. The number of amides is 1. The maximum atomic E-state index is 12.2. The van der Waals surface area contributed by atoms with Crippen LogP contribution in [0.1, 0.15) is 16.1 Å². The number of rotatable bonds is 2. The number of nitrogens with one attached hydrogen (secondary N) is 2. The Balaban J connectivity index is 1.91. The van der Waals surface area contributed by atoms with Gasteiger partial charge < -0.3 is 10.6 Å². The summed E-state index contributed by atoms with van der Waals surface area (Å²) in [6, 6.07) is 5.66. The summed E-state index contributed by atoms with van der Waals surface area (Å²) in [6.07, 6.45) is 0.958. The van der Waals surface area contributed by atoms with Crippen molar-refractivity contribution in [2.45, 2.75) is 12.5 Å². The summed E-state index contributed by atoms with van der Waals surface area (Å²) < 4.78 is 0.937. The van der Waals surface area contributed by atoms with E-state index in [0.29, 0.717) is 14.9 Å². The standard InChI is InChI=1S/C13H12Cl2N2OS/c14-7-1-2-9-10(5-7)19-12(11(9)15)13(18)17-8-3-4-16-6-8/h1-2,5,8,16H,3-4,6H2,(H,17,18). The third kappa shape index (κ3) is 2.58. The van der Waals surface area contributed by atoms with E-state index in [4.69, 9.17) is 23.2 Å². The molecule has 100 valence electrons. The molecule has 0 saturated carbocycles. The largest absolute Gasteiger partial charge is 0.347 e. The molecule has 1 aromatic heterocycles. The molecule has 0 radical (unpaired) electrons. The van der Waals surface area contributed by atoms with Gasteiger partial charge in [-0.3, -0.25) is 4.79 Å². The van der Waals surface area contributed by atoms with Crippen molar-refractivity contribution < 1.29 is 4.79 Å². The smallest absolute Gasteiger partial charge is 0.263 e. The van der Waals surface area contributed by atoms with Crippen LogP contribution in [-0.4, -0.2) is 25.0 Å². The topological polar surface area (TPSA) is 41.1 Å². The van der Waals surface area contributed by atoms with Gasteiger partial charge in [0.1, 0.15) is 4.88 Å². The SMILES string of the molecule is O=C(NC1CCNC1)c1sc2cc(Cl)ccc2c1Cl. The van der Waals surface area contributed by atoms with Gasteiger partial charge in [0.2, 0.25) is 0 Å². The van der Waals surface area contributed by atoms with Crippen molar-refractivity contribution in [2.75, 3.05) is 13.1 Å². The van der Waals surface area contributed by atoms with Crippen molar-refractivity contribution in [3.05, 3.63) is 33.1 Å². The summed E-state index contributed by atoms with van der Waals surface area (Å²) in [5, 5.41) is 8.26. The minimum atomic E-state index is -0.101. The lowest BCUT2D eigenvalue weighted by Crippen LogP contribution is -2.35. The van der Waals surface area contributed by atoms with Gasteiger partial charge in [-0.15, -0.1) is 11.3 Å². The molecular weight excluding hydrogens is 303 g/mol. The lowest BCUT2D eigenvalue weighted by molar-refractivity contribution is 0.0944. The van der Waals surface area contributed by atoms with Crippen LogP contribution in [0.15, 0.2) is 18.2 Å². The fourth-order valence-electron chi connectivity index (χ4n) is 2.21. The molecule has 3 rings (SSSR count). The van der Waals surface area contributed by atoms with Gasteiger partial charge >= 0.3 is 0 Å². The zero-order valence-electron chi connectivity index (χ0n) is 10.0. The molecule has 0 bridgehead atoms. The quantitative estimate of drug-likeness (QED) is 0.893. The molecule has 1 fully saturated rings. The normalized spacial score (nSPS) is 18.9. The summed E-state index contributed by atoms with van der Waals surface area (Å²) in [6.45, 7) is 1.76. The molecule has 1 atom stereocenters. The Morgan fingerprint density at radius 2 is 2.26 bits per heavy atom. The van der Waals surface area contributed by atoms with Crippen molar-refractivity contribution in [1.29, 1.82) is 0 Å². The molecule has 1 aliphatic rings. The van der Waals surface area contributed by atoms with Gasteiger partial charge in [-0.1, -0.05) is 29.3 Å². The zero-order chi connectivity index (χ0) is 13.4. The van der Waals surface area contributed by atoms with Gasteiger partial charge in [0, 0.05) is 27.7 Å². The monoisotopic (exact) mass is 314 g/mol. The van der Waals surface area contributed by atoms with Crippen LogP contribution < -0.4 is 10.6 Å². The number of hydrogen-bond acceptors (Lipinski definition) is 3. The fraction of sp³-hybridized carbons (Fsp3) is 0.308. The van der Waals surface area contributed by atoms with E-state index in [1.54, 1.807) is 6.07 Å². The molecule has 1 saturated heterocycles. The van der Waals surface area contributed by atoms with Crippen LogP contribution in [0.4, 0.5) is 0 Å². The van der Waals surface area contributed by atoms with Gasteiger partial charge in [-0.2, -0.15) is 0 Å². The first-order valence-electron chi connectivity index (χ1n) is 6.04. The minimum absolute atomic E-state index is 0.101. The second-order valence-electron chi connectivity index (χ2n) is 4.55. The van der Waals surface area contributed by atoms with Crippen LogP contribution in [0.3, 0.4) is 0 Å². The van der Waals surface area contributed by atoms with E-state index in [-0.39, 0.29) is 11.9 Å². The van der Waals surface area contributed by atoms with Crippen LogP contribution in [0.25, 0.3) is 10.1 Å². The summed E-state index contributed by atoms with van der Waals surface area (Å²) >= 11 is 13.6. The lowest BCUT2D eigenvalue weighted by atomic mass is 10.2. The number of benzene rings is 1. The van der Waals surface area contributed by atoms with Crippen molar-refractivity contribution in [3.63, 3.8) is 0 Å². The molecule has 19 heavy (non-hydrogen) atoms. The first kappa shape index (κ1) is 13.2. The molecule has 1 aromatic carbocycles. The highest BCUT2D eigenvalue weighted by atomic mass is 35.5. The zero-order valence-corrected chi connectivity index (χ0v) is 12.3. The Kier molecular flexibility index (Phi) is 3.67. The highest BCUT2D eigenvalue weighted by molar-refractivity contribution is 7.21. The predicted molar refractivity (Wildman–Crippen MR) is 80.6 cm³/mol. The Bertz CT molecular complexity index is 635. The summed E-state index contributed by atoms with van der Waals surface area (Å²) in [7, 11) is 0. The number of fused-ring (bicyclic) bond motifs is 1. The molecule has 1 aliphatic heterocycles. The number of halogens is 2. The maximum absolute atomic E-state index is 12.2. The average Bonchev–Trinajstić information content (AvgIpc) is 2.97. The molecule has 0 aliphatic carbocycles. The van der Waals surface area contributed by atoms with E-state index in [1.807, 2.05) is 12.1 Å². The second-order valence-corrected chi connectivity index (χ2v) is 6.42. The molecule has 2 aromatic rings. The molecule has 6 heteroatoms. The summed E-state index contributed by atoms with van der Waals surface area (Å²) in [4.78, 5) is 12.8. The third-order valence-corrected chi connectivity index (χ3v) is 5.08. The summed E-state index contributed by atoms with van der Waals surface area (Å²) in [5.74, 6) is -0.101. The van der Waals surface area contributed by atoms with E-state index >= 15 is 0 Å². The van der Waals surface area contributed by atoms with E-state index in [2.05, 4.69) is 10.6 Å². The van der Waals surface area contributed by atoms with Crippen molar-refractivity contribution >= 4 is 50.5 Å². The van der Waals surface area contributed by atoms with Crippen LogP contribution >= 0.6 is 34.5 Å². The van der Waals surface area contributed by atoms with Crippen molar-refractivity contribution in [2.24, 2.45) is 0 Å². The van der Waals surface area contributed by atoms with E-state index in [0.717, 1.165) is 29.6 Å². The number of hydrogen-bond donors (Lipinski definition) is 2. The number of carbonyl (C=O) groups excluding carboxylic acids is 1. The van der Waals surface area contributed by atoms with Gasteiger partial charge in [0.25, 0.3) is 5.91 Å².